The molecular formula is C12H15N3. The predicted molar refractivity (Wildman–Crippen MR) is 63.4 cm³/mol. The number of rotatable bonds is 2. The predicted octanol–water partition coefficient (Wildman–Crippen LogP) is 2.14. The van der Waals surface area contributed by atoms with Crippen molar-refractivity contribution < 1.29 is 0 Å². The Morgan fingerprint density at radius 2 is 2.27 bits per heavy atom. The highest BCUT2D eigenvalue weighted by Gasteiger charge is 2.14. The van der Waals surface area contributed by atoms with Gasteiger partial charge in [0.15, 0.2) is 0 Å². The zero-order valence-corrected chi connectivity index (χ0v) is 9.09. The summed E-state index contributed by atoms with van der Waals surface area (Å²) in [6, 6.07) is 4.09. The normalized spacial score (nSPS) is 14.0. The fourth-order valence-electron chi connectivity index (χ4n) is 1.64. The molecule has 0 atom stereocenters. The van der Waals surface area contributed by atoms with Gasteiger partial charge in [0.1, 0.15) is 5.69 Å². The summed E-state index contributed by atoms with van der Waals surface area (Å²) < 4.78 is 0. The molecular weight excluding hydrogens is 186 g/mol. The topological polar surface area (TPSA) is 37.0 Å². The van der Waals surface area contributed by atoms with E-state index >= 15 is 0 Å². The lowest BCUT2D eigenvalue weighted by molar-refractivity contribution is 0.999. The Hall–Kier alpha value is -1.77. The molecule has 0 radical (unpaired) electrons. The maximum absolute atomic E-state index is 4.58. The number of aromatic nitrogens is 1. The molecule has 1 aliphatic heterocycles. The van der Waals surface area contributed by atoms with E-state index in [2.05, 4.69) is 35.2 Å². The molecule has 0 amide bonds. The van der Waals surface area contributed by atoms with E-state index in [0.29, 0.717) is 0 Å². The Morgan fingerprint density at radius 1 is 1.47 bits per heavy atom. The maximum atomic E-state index is 4.58. The van der Waals surface area contributed by atoms with Gasteiger partial charge in [-0.3, -0.25) is 0 Å². The van der Waals surface area contributed by atoms with Crippen molar-refractivity contribution in [2.75, 3.05) is 12.4 Å². The van der Waals surface area contributed by atoms with Gasteiger partial charge in [-0.15, -0.1) is 0 Å². The van der Waals surface area contributed by atoms with Crippen LogP contribution < -0.4 is 10.6 Å². The Bertz CT molecular complexity index is 432. The Kier molecular flexibility index (Phi) is 2.46. The zero-order chi connectivity index (χ0) is 10.8. The van der Waals surface area contributed by atoms with Crippen molar-refractivity contribution in [3.63, 3.8) is 0 Å². The van der Waals surface area contributed by atoms with E-state index in [9.17, 15) is 0 Å². The van der Waals surface area contributed by atoms with E-state index in [-0.39, 0.29) is 0 Å². The SMILES string of the molecule is C=C1C=C(NC)c2nc(CC)ccc2N1. The summed E-state index contributed by atoms with van der Waals surface area (Å²) in [4.78, 5) is 4.58. The first-order valence-electron chi connectivity index (χ1n) is 5.10. The number of hydrogen-bond donors (Lipinski definition) is 2. The Labute approximate surface area is 89.9 Å². The maximum Gasteiger partial charge on any atom is 0.110 e. The first-order chi connectivity index (χ1) is 7.24. The monoisotopic (exact) mass is 201 g/mol. The third-order valence-corrected chi connectivity index (χ3v) is 2.45. The van der Waals surface area contributed by atoms with Crippen LogP contribution in [0, 0.1) is 0 Å². The molecule has 1 aliphatic rings. The van der Waals surface area contributed by atoms with Crippen LogP contribution in [0.5, 0.6) is 0 Å². The highest BCUT2D eigenvalue weighted by molar-refractivity contribution is 5.79. The molecule has 0 fully saturated rings. The minimum atomic E-state index is 0.887. The number of nitrogens with zero attached hydrogens (tertiary/aromatic N) is 1. The minimum Gasteiger partial charge on any atom is -0.386 e. The van der Waals surface area contributed by atoms with Crippen molar-refractivity contribution in [3.8, 4) is 0 Å². The van der Waals surface area contributed by atoms with Gasteiger partial charge in [0.2, 0.25) is 0 Å². The molecule has 0 aliphatic carbocycles. The van der Waals surface area contributed by atoms with Crippen molar-refractivity contribution in [2.45, 2.75) is 13.3 Å². The van der Waals surface area contributed by atoms with Gasteiger partial charge >= 0.3 is 0 Å². The summed E-state index contributed by atoms with van der Waals surface area (Å²) in [5, 5.41) is 6.34. The standard InChI is InChI=1S/C12H15N3/c1-4-9-5-6-10-12(15-9)11(13-3)7-8(2)14-10/h5-7,13-14H,2,4H2,1,3H3. The summed E-state index contributed by atoms with van der Waals surface area (Å²) >= 11 is 0. The molecule has 2 rings (SSSR count). The molecule has 3 nitrogen and oxygen atoms in total. The molecule has 78 valence electrons. The van der Waals surface area contributed by atoms with Crippen molar-refractivity contribution in [2.24, 2.45) is 0 Å². The van der Waals surface area contributed by atoms with Crippen LogP contribution >= 0.6 is 0 Å². The smallest absolute Gasteiger partial charge is 0.110 e. The molecule has 0 bridgehead atoms. The van der Waals surface area contributed by atoms with Crippen LogP contribution in [0.15, 0.2) is 30.5 Å². The van der Waals surface area contributed by atoms with Crippen LogP contribution in [0.1, 0.15) is 18.3 Å². The summed E-state index contributed by atoms with van der Waals surface area (Å²) in [5.74, 6) is 0. The van der Waals surface area contributed by atoms with Crippen LogP contribution in [0.3, 0.4) is 0 Å². The largest absolute Gasteiger partial charge is 0.386 e. The molecule has 1 aromatic heterocycles. The second-order valence-electron chi connectivity index (χ2n) is 3.51. The fraction of sp³-hybridized carbons (Fsp3) is 0.250. The van der Waals surface area contributed by atoms with Crippen LogP contribution in [0.25, 0.3) is 5.70 Å². The molecule has 2 N–H and O–H groups in total. The molecule has 0 spiro atoms. The van der Waals surface area contributed by atoms with Crippen molar-refractivity contribution >= 4 is 11.4 Å². The lowest BCUT2D eigenvalue weighted by atomic mass is 10.1. The third kappa shape index (κ3) is 1.73. The van der Waals surface area contributed by atoms with Crippen molar-refractivity contribution in [3.05, 3.63) is 41.9 Å². The lowest BCUT2D eigenvalue weighted by Gasteiger charge is -2.20. The van der Waals surface area contributed by atoms with E-state index in [1.165, 1.54) is 0 Å². The van der Waals surface area contributed by atoms with Gasteiger partial charge in [-0.2, -0.15) is 0 Å². The van der Waals surface area contributed by atoms with E-state index < -0.39 is 0 Å². The van der Waals surface area contributed by atoms with Gasteiger partial charge in [0.25, 0.3) is 0 Å². The fourth-order valence-corrected chi connectivity index (χ4v) is 1.64. The van der Waals surface area contributed by atoms with Crippen LogP contribution in [-0.4, -0.2) is 12.0 Å². The number of allylic oxidation sites excluding steroid dienone is 1. The van der Waals surface area contributed by atoms with E-state index in [1.807, 2.05) is 19.2 Å². The van der Waals surface area contributed by atoms with Crippen LogP contribution in [0.2, 0.25) is 0 Å². The molecule has 0 unspecified atom stereocenters. The minimum absolute atomic E-state index is 0.887. The second kappa shape index (κ2) is 3.77. The first-order valence-corrected chi connectivity index (χ1v) is 5.10. The number of fused-ring (bicyclic) bond motifs is 1. The molecule has 3 heteroatoms. The highest BCUT2D eigenvalue weighted by Crippen LogP contribution is 2.27. The zero-order valence-electron chi connectivity index (χ0n) is 9.09. The Balaban J connectivity index is 2.52. The van der Waals surface area contributed by atoms with E-state index in [1.54, 1.807) is 0 Å². The summed E-state index contributed by atoms with van der Waals surface area (Å²) in [6.07, 6.45) is 2.92. The van der Waals surface area contributed by atoms with Gasteiger partial charge in [-0.05, 0) is 24.6 Å². The van der Waals surface area contributed by atoms with Gasteiger partial charge in [0.05, 0.1) is 11.4 Å². The van der Waals surface area contributed by atoms with Gasteiger partial charge < -0.3 is 10.6 Å². The summed E-state index contributed by atoms with van der Waals surface area (Å²) in [5.41, 5.74) is 5.00. The number of aryl methyl sites for hydroxylation is 1. The first kappa shape index (κ1) is 9.77. The number of anilines is 1. The number of pyridine rings is 1. The highest BCUT2D eigenvalue weighted by atomic mass is 15.0. The van der Waals surface area contributed by atoms with Gasteiger partial charge in [-0.25, -0.2) is 4.98 Å². The summed E-state index contributed by atoms with van der Waals surface area (Å²) in [6.45, 7) is 6.00. The number of nitrogens with one attached hydrogen (secondary N) is 2. The molecule has 2 heterocycles. The average molecular weight is 201 g/mol. The summed E-state index contributed by atoms with van der Waals surface area (Å²) in [7, 11) is 1.90. The van der Waals surface area contributed by atoms with E-state index in [4.69, 9.17) is 0 Å². The molecule has 15 heavy (non-hydrogen) atoms. The van der Waals surface area contributed by atoms with Gasteiger partial charge in [0, 0.05) is 18.4 Å². The quantitative estimate of drug-likeness (QED) is 0.769. The molecule has 0 saturated heterocycles. The second-order valence-corrected chi connectivity index (χ2v) is 3.51. The third-order valence-electron chi connectivity index (χ3n) is 2.45. The lowest BCUT2D eigenvalue weighted by Crippen LogP contribution is -2.15. The molecule has 0 aromatic carbocycles. The molecule has 1 aromatic rings. The average Bonchev–Trinajstić information content (AvgIpc) is 2.27. The van der Waals surface area contributed by atoms with E-state index in [0.717, 1.165) is 34.9 Å². The van der Waals surface area contributed by atoms with Crippen molar-refractivity contribution in [1.29, 1.82) is 0 Å². The van der Waals surface area contributed by atoms with Crippen molar-refractivity contribution in [1.82, 2.24) is 10.3 Å². The number of hydrogen-bond acceptors (Lipinski definition) is 3. The Morgan fingerprint density at radius 3 is 2.93 bits per heavy atom. The van der Waals surface area contributed by atoms with Crippen LogP contribution in [0.4, 0.5) is 5.69 Å². The molecule has 0 saturated carbocycles. The van der Waals surface area contributed by atoms with Crippen LogP contribution in [-0.2, 0) is 6.42 Å². The van der Waals surface area contributed by atoms with Gasteiger partial charge in [-0.1, -0.05) is 13.5 Å².